The van der Waals surface area contributed by atoms with Crippen LogP contribution in [0.15, 0.2) is 11.9 Å². The molecule has 1 aliphatic heterocycles. The zero-order valence-corrected chi connectivity index (χ0v) is 6.91. The lowest BCUT2D eigenvalue weighted by atomic mass is 10.5. The summed E-state index contributed by atoms with van der Waals surface area (Å²) >= 11 is 0. The minimum atomic E-state index is -2.87. The van der Waals surface area contributed by atoms with Gasteiger partial charge in [0.2, 0.25) is 6.29 Å². The van der Waals surface area contributed by atoms with E-state index in [4.69, 9.17) is 0 Å². The summed E-state index contributed by atoms with van der Waals surface area (Å²) in [6.07, 6.45) is -4.72. The van der Waals surface area contributed by atoms with Gasteiger partial charge in [-0.15, -0.1) is 0 Å². The summed E-state index contributed by atoms with van der Waals surface area (Å²) in [4.78, 5) is 10.3. The van der Waals surface area contributed by atoms with Gasteiger partial charge in [0.25, 0.3) is 6.43 Å². The fourth-order valence-corrected chi connectivity index (χ4v) is 0.751. The van der Waals surface area contributed by atoms with Crippen molar-refractivity contribution in [1.82, 2.24) is 0 Å². The van der Waals surface area contributed by atoms with Gasteiger partial charge in [-0.05, 0) is 0 Å². The zero-order valence-electron chi connectivity index (χ0n) is 6.91. The van der Waals surface area contributed by atoms with Crippen molar-refractivity contribution in [3.63, 3.8) is 0 Å². The van der Waals surface area contributed by atoms with Crippen molar-refractivity contribution < 1.29 is 32.2 Å². The Morgan fingerprint density at radius 2 is 2.43 bits per heavy atom. The number of ether oxygens (including phenoxy) is 3. The number of allylic oxidation sites excluding steroid dienone is 1. The second-order valence-corrected chi connectivity index (χ2v) is 2.37. The number of hydrogen-bond donors (Lipinski definition) is 0. The van der Waals surface area contributed by atoms with Gasteiger partial charge in [-0.2, -0.15) is 0 Å². The molecular weight excluding hydrogens is 205 g/mol. The Kier molecular flexibility index (Phi) is 3.75. The van der Waals surface area contributed by atoms with Gasteiger partial charge in [-0.25, -0.2) is 18.0 Å². The molecule has 0 bridgehead atoms. The highest BCUT2D eigenvalue weighted by molar-refractivity contribution is 5.61. The van der Waals surface area contributed by atoms with E-state index in [9.17, 15) is 18.0 Å². The summed E-state index contributed by atoms with van der Waals surface area (Å²) < 4.78 is 48.9. The lowest BCUT2D eigenvalue weighted by molar-refractivity contribution is -0.0725. The minimum Gasteiger partial charge on any atom is -0.428 e. The molecule has 0 aromatic rings. The maximum absolute atomic E-state index is 12.5. The van der Waals surface area contributed by atoms with Crippen LogP contribution in [-0.2, 0) is 14.2 Å². The highest BCUT2D eigenvalue weighted by atomic mass is 19.3. The van der Waals surface area contributed by atoms with E-state index in [-0.39, 0.29) is 12.7 Å². The Bertz CT molecular complexity index is 241. The Morgan fingerprint density at radius 1 is 1.71 bits per heavy atom. The summed E-state index contributed by atoms with van der Waals surface area (Å²) in [6, 6.07) is 0. The van der Waals surface area contributed by atoms with E-state index in [1.165, 1.54) is 0 Å². The van der Waals surface area contributed by atoms with E-state index in [2.05, 4.69) is 14.2 Å². The summed E-state index contributed by atoms with van der Waals surface area (Å²) in [5.41, 5.74) is 0. The third-order valence-corrected chi connectivity index (χ3v) is 1.28. The predicted molar refractivity (Wildman–Crippen MR) is 37.4 cm³/mol. The van der Waals surface area contributed by atoms with E-state index >= 15 is 0 Å². The number of carbonyl (C=O) groups is 1. The normalized spacial score (nSPS) is 22.4. The van der Waals surface area contributed by atoms with Crippen molar-refractivity contribution in [2.24, 2.45) is 0 Å². The first-order chi connectivity index (χ1) is 6.58. The summed E-state index contributed by atoms with van der Waals surface area (Å²) in [7, 11) is 0. The van der Waals surface area contributed by atoms with Gasteiger partial charge in [-0.3, -0.25) is 0 Å². The molecule has 4 nitrogen and oxygen atoms in total. The quantitative estimate of drug-likeness (QED) is 0.664. The van der Waals surface area contributed by atoms with Gasteiger partial charge >= 0.3 is 6.16 Å². The maximum Gasteiger partial charge on any atom is 0.510 e. The van der Waals surface area contributed by atoms with Crippen molar-refractivity contribution in [1.29, 1.82) is 0 Å². The molecule has 1 heterocycles. The number of carbonyl (C=O) groups excluding carboxylic acids is 1. The van der Waals surface area contributed by atoms with Crippen LogP contribution in [0, 0.1) is 0 Å². The molecule has 0 aromatic heterocycles. The number of halogens is 3. The van der Waals surface area contributed by atoms with Crippen LogP contribution in [0.25, 0.3) is 0 Å². The molecule has 0 spiro atoms. The Balaban J connectivity index is 2.23. The molecule has 0 N–H and O–H groups in total. The average molecular weight is 212 g/mol. The average Bonchev–Trinajstić information content (AvgIpc) is 2.47. The number of hydrogen-bond acceptors (Lipinski definition) is 4. The van der Waals surface area contributed by atoms with Crippen LogP contribution >= 0.6 is 0 Å². The first-order valence-electron chi connectivity index (χ1n) is 3.67. The van der Waals surface area contributed by atoms with Gasteiger partial charge < -0.3 is 14.2 Å². The van der Waals surface area contributed by atoms with Crippen LogP contribution in [0.5, 0.6) is 0 Å². The van der Waals surface area contributed by atoms with Crippen molar-refractivity contribution >= 4 is 6.16 Å². The smallest absolute Gasteiger partial charge is 0.428 e. The fourth-order valence-electron chi connectivity index (χ4n) is 0.751. The van der Waals surface area contributed by atoms with Gasteiger partial charge in [0, 0.05) is 6.08 Å². The first-order valence-corrected chi connectivity index (χ1v) is 3.67. The highest BCUT2D eigenvalue weighted by Crippen LogP contribution is 2.10. The number of rotatable bonds is 4. The second-order valence-electron chi connectivity index (χ2n) is 2.37. The highest BCUT2D eigenvalue weighted by Gasteiger charge is 2.25. The molecule has 80 valence electrons. The summed E-state index contributed by atoms with van der Waals surface area (Å²) in [5.74, 6) is -1.12. The molecule has 1 atom stereocenters. The van der Waals surface area contributed by atoms with Crippen molar-refractivity contribution in [2.75, 3.05) is 13.2 Å². The lowest BCUT2D eigenvalue weighted by Gasteiger charge is -2.06. The summed E-state index contributed by atoms with van der Waals surface area (Å²) in [5, 5.41) is 0. The molecule has 0 saturated carbocycles. The molecule has 1 fully saturated rings. The molecular formula is C7H7F3O4. The molecule has 1 unspecified atom stereocenters. The molecule has 14 heavy (non-hydrogen) atoms. The third kappa shape index (κ3) is 3.65. The Hall–Kier alpha value is -1.24. The van der Waals surface area contributed by atoms with E-state index in [0.29, 0.717) is 0 Å². The molecule has 0 radical (unpaired) electrons. The van der Waals surface area contributed by atoms with Gasteiger partial charge in [-0.1, -0.05) is 0 Å². The standard InChI is InChI=1S/C7H7F3O4/c8-4(1-5(9)10)2-12-6-3-13-7(11)14-6/h1,5-6H,2-3H2. The fraction of sp³-hybridized carbons (Fsp3) is 0.571. The zero-order chi connectivity index (χ0) is 10.6. The summed E-state index contributed by atoms with van der Waals surface area (Å²) in [6.45, 7) is -0.841. The van der Waals surface area contributed by atoms with Crippen molar-refractivity contribution in [3.8, 4) is 0 Å². The lowest BCUT2D eigenvalue weighted by Crippen LogP contribution is -2.15. The topological polar surface area (TPSA) is 44.8 Å². The molecule has 1 aliphatic rings. The number of alkyl halides is 2. The van der Waals surface area contributed by atoms with Crippen LogP contribution in [0.2, 0.25) is 0 Å². The third-order valence-electron chi connectivity index (χ3n) is 1.28. The monoisotopic (exact) mass is 212 g/mol. The molecule has 7 heteroatoms. The first kappa shape index (κ1) is 10.8. The van der Waals surface area contributed by atoms with Gasteiger partial charge in [0.05, 0.1) is 0 Å². The minimum absolute atomic E-state index is 0.109. The number of cyclic esters (lactones) is 2. The van der Waals surface area contributed by atoms with Crippen molar-refractivity contribution in [2.45, 2.75) is 12.7 Å². The molecule has 0 aromatic carbocycles. The largest absolute Gasteiger partial charge is 0.510 e. The maximum atomic E-state index is 12.5. The van der Waals surface area contributed by atoms with Crippen LogP contribution in [0.4, 0.5) is 18.0 Å². The van der Waals surface area contributed by atoms with Gasteiger partial charge in [0.15, 0.2) is 6.61 Å². The van der Waals surface area contributed by atoms with Gasteiger partial charge in [0.1, 0.15) is 12.4 Å². The molecule has 1 saturated heterocycles. The van der Waals surface area contributed by atoms with Crippen LogP contribution in [0.3, 0.4) is 0 Å². The molecule has 1 rings (SSSR count). The SMILES string of the molecule is O=C1OCC(OCC(F)=CC(F)F)O1. The Labute approximate surface area is 77.2 Å². The van der Waals surface area contributed by atoms with Crippen LogP contribution in [-0.4, -0.2) is 32.1 Å². The molecule has 0 amide bonds. The molecule has 0 aliphatic carbocycles. The van der Waals surface area contributed by atoms with Crippen LogP contribution in [0.1, 0.15) is 0 Å². The Morgan fingerprint density at radius 3 is 2.93 bits per heavy atom. The predicted octanol–water partition coefficient (Wildman–Crippen LogP) is 1.61. The van der Waals surface area contributed by atoms with E-state index in [1.807, 2.05) is 0 Å². The van der Waals surface area contributed by atoms with Crippen LogP contribution < -0.4 is 0 Å². The second kappa shape index (κ2) is 4.85. The van der Waals surface area contributed by atoms with E-state index in [1.54, 1.807) is 0 Å². The van der Waals surface area contributed by atoms with E-state index < -0.39 is 31.3 Å². The van der Waals surface area contributed by atoms with Crippen molar-refractivity contribution in [3.05, 3.63) is 11.9 Å². The van der Waals surface area contributed by atoms with E-state index in [0.717, 1.165) is 0 Å².